The fourth-order valence-electron chi connectivity index (χ4n) is 2.00. The summed E-state index contributed by atoms with van der Waals surface area (Å²) < 4.78 is 5.93. The average molecular weight is 344 g/mol. The van der Waals surface area contributed by atoms with Crippen LogP contribution in [0.3, 0.4) is 0 Å². The van der Waals surface area contributed by atoms with Crippen molar-refractivity contribution in [1.29, 1.82) is 0 Å². The van der Waals surface area contributed by atoms with Crippen molar-refractivity contribution in [3.8, 4) is 0 Å². The predicted octanol–water partition coefficient (Wildman–Crippen LogP) is 3.49. The molecule has 1 aromatic carbocycles. The number of nitrogens with zero attached hydrogens (tertiary/aromatic N) is 4. The molecule has 0 radical (unpaired) electrons. The van der Waals surface area contributed by atoms with Crippen LogP contribution in [0.25, 0.3) is 10.2 Å². The van der Waals surface area contributed by atoms with Gasteiger partial charge in [0.25, 0.3) is 0 Å². The normalized spacial score (nSPS) is 11.2. The van der Waals surface area contributed by atoms with E-state index in [1.54, 1.807) is 0 Å². The van der Waals surface area contributed by atoms with Crippen molar-refractivity contribution in [3.63, 3.8) is 0 Å². The van der Waals surface area contributed by atoms with Crippen molar-refractivity contribution < 1.29 is 14.1 Å². The first-order chi connectivity index (χ1) is 11.4. The molecule has 24 heavy (non-hydrogen) atoms. The molecule has 2 heterocycles. The maximum absolute atomic E-state index is 11.9. The quantitative estimate of drug-likeness (QED) is 0.409. The SMILES string of the molecule is CC(=O)N(/N=C\c1ccc([N+](=O)[O-])o1)c1nc2ccc(C)cc2s1. The fourth-order valence-corrected chi connectivity index (χ4v) is 3.07. The van der Waals surface area contributed by atoms with Crippen LogP contribution in [-0.4, -0.2) is 22.0 Å². The fraction of sp³-hybridized carbons (Fsp3) is 0.133. The maximum atomic E-state index is 11.9. The molecule has 0 N–H and O–H groups in total. The Kier molecular flexibility index (Phi) is 4.09. The van der Waals surface area contributed by atoms with Crippen LogP contribution in [0.1, 0.15) is 18.2 Å². The third-order valence-electron chi connectivity index (χ3n) is 3.11. The van der Waals surface area contributed by atoms with Crippen LogP contribution in [0.4, 0.5) is 11.0 Å². The number of amides is 1. The Morgan fingerprint density at radius 3 is 2.88 bits per heavy atom. The molecule has 9 heteroatoms. The largest absolute Gasteiger partial charge is 0.433 e. The number of furan rings is 1. The van der Waals surface area contributed by atoms with Crippen molar-refractivity contribution in [2.24, 2.45) is 5.10 Å². The van der Waals surface area contributed by atoms with Crippen LogP contribution in [0, 0.1) is 17.0 Å². The van der Waals surface area contributed by atoms with Gasteiger partial charge in [0.05, 0.1) is 22.5 Å². The molecule has 122 valence electrons. The Balaban J connectivity index is 1.91. The molecule has 0 saturated heterocycles. The second-order valence-electron chi connectivity index (χ2n) is 4.98. The molecular formula is C15H12N4O4S. The standard InChI is InChI=1S/C15H12N4O4S/c1-9-3-5-12-13(7-9)24-15(17-12)18(10(2)20)16-8-11-4-6-14(23-11)19(21)22/h3-8H,1-2H3/b16-8-. The first-order valence-corrected chi connectivity index (χ1v) is 7.72. The summed E-state index contributed by atoms with van der Waals surface area (Å²) in [7, 11) is 0. The van der Waals surface area contributed by atoms with Crippen LogP contribution in [-0.2, 0) is 4.79 Å². The first-order valence-electron chi connectivity index (χ1n) is 6.90. The van der Waals surface area contributed by atoms with E-state index in [9.17, 15) is 14.9 Å². The third kappa shape index (κ3) is 3.15. The zero-order valence-electron chi connectivity index (χ0n) is 12.8. The molecule has 3 aromatic rings. The van der Waals surface area contributed by atoms with E-state index in [4.69, 9.17) is 4.42 Å². The van der Waals surface area contributed by atoms with E-state index in [-0.39, 0.29) is 17.6 Å². The zero-order chi connectivity index (χ0) is 17.3. The Bertz CT molecular complexity index is 959. The van der Waals surface area contributed by atoms with Crippen molar-refractivity contribution in [2.75, 3.05) is 5.01 Å². The van der Waals surface area contributed by atoms with Crippen molar-refractivity contribution in [2.45, 2.75) is 13.8 Å². The first kappa shape index (κ1) is 15.8. The summed E-state index contributed by atoms with van der Waals surface area (Å²) in [6.45, 7) is 3.34. The summed E-state index contributed by atoms with van der Waals surface area (Å²) in [5.74, 6) is -0.547. The molecule has 0 spiro atoms. The molecule has 2 aromatic heterocycles. The second kappa shape index (κ2) is 6.20. The van der Waals surface area contributed by atoms with E-state index in [1.807, 2.05) is 25.1 Å². The molecule has 0 aliphatic rings. The number of benzene rings is 1. The molecule has 0 atom stereocenters. The van der Waals surface area contributed by atoms with E-state index in [2.05, 4.69) is 10.1 Å². The van der Waals surface area contributed by atoms with Gasteiger partial charge in [-0.05, 0) is 30.7 Å². The minimum Gasteiger partial charge on any atom is -0.400 e. The Morgan fingerprint density at radius 2 is 2.21 bits per heavy atom. The lowest BCUT2D eigenvalue weighted by atomic mass is 10.2. The van der Waals surface area contributed by atoms with Gasteiger partial charge in [0.15, 0.2) is 5.76 Å². The summed E-state index contributed by atoms with van der Waals surface area (Å²) in [5, 5.41) is 16.2. The summed E-state index contributed by atoms with van der Waals surface area (Å²) >= 11 is 1.33. The highest BCUT2D eigenvalue weighted by Gasteiger charge is 2.16. The molecule has 1 amide bonds. The smallest absolute Gasteiger partial charge is 0.400 e. The number of aryl methyl sites for hydroxylation is 1. The van der Waals surface area contributed by atoms with Crippen molar-refractivity contribution >= 4 is 44.7 Å². The topological polar surface area (TPSA) is 102 Å². The Labute approximate surface area is 140 Å². The zero-order valence-corrected chi connectivity index (χ0v) is 13.6. The second-order valence-corrected chi connectivity index (χ2v) is 5.99. The number of thiazole rings is 1. The van der Waals surface area contributed by atoms with E-state index in [0.29, 0.717) is 5.13 Å². The average Bonchev–Trinajstić information content (AvgIpc) is 3.13. The van der Waals surface area contributed by atoms with Gasteiger partial charge in [-0.1, -0.05) is 17.4 Å². The molecule has 0 bridgehead atoms. The lowest BCUT2D eigenvalue weighted by molar-refractivity contribution is -0.402. The van der Waals surface area contributed by atoms with E-state index >= 15 is 0 Å². The maximum Gasteiger partial charge on any atom is 0.433 e. The van der Waals surface area contributed by atoms with Gasteiger partial charge < -0.3 is 4.42 Å². The third-order valence-corrected chi connectivity index (χ3v) is 4.10. The molecule has 3 rings (SSSR count). The van der Waals surface area contributed by atoms with Crippen LogP contribution < -0.4 is 5.01 Å². The minimum atomic E-state index is -0.643. The highest BCUT2D eigenvalue weighted by Crippen LogP contribution is 2.29. The number of hydrogen-bond acceptors (Lipinski definition) is 7. The number of carbonyl (C=O) groups is 1. The van der Waals surface area contributed by atoms with Crippen LogP contribution in [0.2, 0.25) is 0 Å². The number of anilines is 1. The van der Waals surface area contributed by atoms with Gasteiger partial charge in [-0.15, -0.1) is 0 Å². The molecule has 0 aliphatic heterocycles. The highest BCUT2D eigenvalue weighted by atomic mass is 32.1. The van der Waals surface area contributed by atoms with Gasteiger partial charge in [-0.2, -0.15) is 10.1 Å². The molecule has 0 aliphatic carbocycles. The number of hydrogen-bond donors (Lipinski definition) is 0. The highest BCUT2D eigenvalue weighted by molar-refractivity contribution is 7.22. The summed E-state index contributed by atoms with van der Waals surface area (Å²) in [4.78, 5) is 26.2. The van der Waals surface area contributed by atoms with Gasteiger partial charge in [-0.3, -0.25) is 14.9 Å². The lowest BCUT2D eigenvalue weighted by Crippen LogP contribution is -2.22. The molecule has 8 nitrogen and oxygen atoms in total. The van der Waals surface area contributed by atoms with Gasteiger partial charge in [0.1, 0.15) is 4.92 Å². The number of rotatable bonds is 4. The Morgan fingerprint density at radius 1 is 1.42 bits per heavy atom. The number of fused-ring (bicyclic) bond motifs is 1. The predicted molar refractivity (Wildman–Crippen MR) is 90.5 cm³/mol. The summed E-state index contributed by atoms with van der Waals surface area (Å²) in [6.07, 6.45) is 1.24. The number of aromatic nitrogens is 1. The molecule has 0 fully saturated rings. The van der Waals surface area contributed by atoms with Gasteiger partial charge in [0, 0.05) is 6.92 Å². The lowest BCUT2D eigenvalue weighted by Gasteiger charge is -2.09. The molecular weight excluding hydrogens is 332 g/mol. The van der Waals surface area contributed by atoms with Gasteiger partial charge in [0.2, 0.25) is 11.0 Å². The number of carbonyl (C=O) groups excluding carboxylic acids is 1. The number of nitro groups is 1. The van der Waals surface area contributed by atoms with Crippen LogP contribution >= 0.6 is 11.3 Å². The van der Waals surface area contributed by atoms with Gasteiger partial charge in [-0.25, -0.2) is 4.98 Å². The van der Waals surface area contributed by atoms with Crippen LogP contribution in [0.15, 0.2) is 39.9 Å². The van der Waals surface area contributed by atoms with E-state index < -0.39 is 4.92 Å². The monoisotopic (exact) mass is 344 g/mol. The molecule has 0 unspecified atom stereocenters. The number of hydrazone groups is 1. The van der Waals surface area contributed by atoms with Crippen LogP contribution in [0.5, 0.6) is 0 Å². The van der Waals surface area contributed by atoms with Crippen molar-refractivity contribution in [3.05, 3.63) is 51.8 Å². The summed E-state index contributed by atoms with van der Waals surface area (Å²) in [6, 6.07) is 8.42. The molecule has 0 saturated carbocycles. The Hall–Kier alpha value is -3.07. The van der Waals surface area contributed by atoms with Crippen molar-refractivity contribution in [1.82, 2.24) is 4.98 Å². The minimum absolute atomic E-state index is 0.171. The van der Waals surface area contributed by atoms with Gasteiger partial charge >= 0.3 is 5.88 Å². The summed E-state index contributed by atoms with van der Waals surface area (Å²) in [5.41, 5.74) is 1.87. The van der Waals surface area contributed by atoms with E-state index in [1.165, 1.54) is 36.6 Å². The van der Waals surface area contributed by atoms with E-state index in [0.717, 1.165) is 20.8 Å².